The zero-order chi connectivity index (χ0) is 22.6. The van der Waals surface area contributed by atoms with Gasteiger partial charge in [-0.3, -0.25) is 4.79 Å². The van der Waals surface area contributed by atoms with Crippen molar-refractivity contribution in [3.8, 4) is 22.8 Å². The molecule has 168 valence electrons. The highest BCUT2D eigenvalue weighted by Gasteiger charge is 2.16. The van der Waals surface area contributed by atoms with E-state index >= 15 is 0 Å². The van der Waals surface area contributed by atoms with Gasteiger partial charge in [-0.25, -0.2) is 4.39 Å². The summed E-state index contributed by atoms with van der Waals surface area (Å²) in [5.74, 6) is 1.78. The highest BCUT2D eigenvalue weighted by atomic mass is 32.2. The van der Waals surface area contributed by atoms with Crippen LogP contribution in [0.3, 0.4) is 0 Å². The van der Waals surface area contributed by atoms with Crippen molar-refractivity contribution < 1.29 is 13.6 Å². The van der Waals surface area contributed by atoms with Crippen LogP contribution in [0.1, 0.15) is 25.1 Å². The molecule has 10 heteroatoms. The Hall–Kier alpha value is -3.53. The number of hydrogen-bond acceptors (Lipinski definition) is 7. The lowest BCUT2D eigenvalue weighted by molar-refractivity contribution is -0.113. The lowest BCUT2D eigenvalue weighted by Gasteiger charge is -2.08. The highest BCUT2D eigenvalue weighted by Crippen LogP contribution is 2.25. The second-order valence-corrected chi connectivity index (χ2v) is 8.62. The third-order valence-corrected chi connectivity index (χ3v) is 6.18. The summed E-state index contributed by atoms with van der Waals surface area (Å²) < 4.78 is 20.8. The van der Waals surface area contributed by atoms with Gasteiger partial charge in [-0.2, -0.15) is 0 Å². The number of nitrogens with zero attached hydrogens (tertiary/aromatic N) is 5. The van der Waals surface area contributed by atoms with Crippen LogP contribution in [0, 0.1) is 5.82 Å². The fourth-order valence-corrected chi connectivity index (χ4v) is 4.27. The van der Waals surface area contributed by atoms with Crippen molar-refractivity contribution in [2.45, 2.75) is 37.5 Å². The quantitative estimate of drug-likeness (QED) is 0.417. The largest absolute Gasteiger partial charge is 0.411 e. The molecule has 1 aliphatic heterocycles. The molecule has 0 radical (unpaired) electrons. The molecule has 0 fully saturated rings. The van der Waals surface area contributed by atoms with Crippen molar-refractivity contribution >= 4 is 23.4 Å². The lowest BCUT2D eigenvalue weighted by atomic mass is 10.2. The van der Waals surface area contributed by atoms with Crippen LogP contribution >= 0.6 is 11.8 Å². The number of fused-ring (bicyclic) bond motifs is 1. The summed E-state index contributed by atoms with van der Waals surface area (Å²) in [5, 5.41) is 19.7. The number of anilines is 1. The summed E-state index contributed by atoms with van der Waals surface area (Å²) in [6.07, 6.45) is 4.46. The number of carbonyl (C=O) groups excluding carboxylic acids is 1. The second kappa shape index (κ2) is 9.53. The first-order valence-corrected chi connectivity index (χ1v) is 11.7. The van der Waals surface area contributed by atoms with Gasteiger partial charge in [0.15, 0.2) is 5.82 Å². The molecule has 0 aliphatic carbocycles. The van der Waals surface area contributed by atoms with Crippen molar-refractivity contribution in [2.75, 3.05) is 11.1 Å². The number of thioether (sulfide) groups is 1. The molecule has 0 spiro atoms. The summed E-state index contributed by atoms with van der Waals surface area (Å²) in [4.78, 5) is 12.4. The van der Waals surface area contributed by atoms with E-state index in [1.807, 2.05) is 24.3 Å². The molecule has 3 heterocycles. The molecular weight excluding hydrogens is 443 g/mol. The van der Waals surface area contributed by atoms with E-state index in [9.17, 15) is 9.18 Å². The summed E-state index contributed by atoms with van der Waals surface area (Å²) in [6.45, 7) is 0.936. The van der Waals surface area contributed by atoms with Crippen LogP contribution in [-0.2, 0) is 17.8 Å². The standard InChI is InChI=1S/C23H21FN6O2S/c24-17-9-5-16(6-10-17)22-28-29-23(32-22)33-14-20(31)25-18-11-7-15(8-12-18)21-27-26-19-4-2-1-3-13-30(19)21/h5-12H,1-4,13-14H2,(H,25,31). The minimum Gasteiger partial charge on any atom is -0.411 e. The lowest BCUT2D eigenvalue weighted by Crippen LogP contribution is -2.13. The van der Waals surface area contributed by atoms with Crippen LogP contribution in [0.5, 0.6) is 0 Å². The average molecular weight is 465 g/mol. The smallest absolute Gasteiger partial charge is 0.277 e. The molecule has 1 aliphatic rings. The highest BCUT2D eigenvalue weighted by molar-refractivity contribution is 7.99. The number of halogens is 1. The molecule has 33 heavy (non-hydrogen) atoms. The maximum atomic E-state index is 13.0. The van der Waals surface area contributed by atoms with Gasteiger partial charge in [-0.15, -0.1) is 20.4 Å². The monoisotopic (exact) mass is 464 g/mol. The number of aryl methyl sites for hydroxylation is 1. The first-order valence-electron chi connectivity index (χ1n) is 10.7. The minimum absolute atomic E-state index is 0.116. The van der Waals surface area contributed by atoms with Crippen molar-refractivity contribution in [3.63, 3.8) is 0 Å². The minimum atomic E-state index is -0.339. The van der Waals surface area contributed by atoms with Crippen LogP contribution < -0.4 is 5.32 Å². The number of aromatic nitrogens is 5. The van der Waals surface area contributed by atoms with E-state index in [4.69, 9.17) is 4.42 Å². The van der Waals surface area contributed by atoms with Gasteiger partial charge < -0.3 is 14.3 Å². The number of carbonyl (C=O) groups is 1. The van der Waals surface area contributed by atoms with Crippen LogP contribution in [0.2, 0.25) is 0 Å². The molecule has 2 aromatic heterocycles. The van der Waals surface area contributed by atoms with Crippen molar-refractivity contribution in [3.05, 3.63) is 60.2 Å². The van der Waals surface area contributed by atoms with E-state index in [1.54, 1.807) is 12.1 Å². The molecule has 0 atom stereocenters. The number of benzene rings is 2. The van der Waals surface area contributed by atoms with Gasteiger partial charge in [0.2, 0.25) is 11.8 Å². The van der Waals surface area contributed by atoms with Gasteiger partial charge in [0.05, 0.1) is 5.75 Å². The van der Waals surface area contributed by atoms with Crippen molar-refractivity contribution in [1.82, 2.24) is 25.0 Å². The zero-order valence-electron chi connectivity index (χ0n) is 17.7. The third-order valence-electron chi connectivity index (χ3n) is 5.36. The molecule has 0 bridgehead atoms. The third kappa shape index (κ3) is 4.95. The van der Waals surface area contributed by atoms with E-state index in [1.165, 1.54) is 18.6 Å². The fourth-order valence-electron chi connectivity index (χ4n) is 3.70. The number of nitrogens with one attached hydrogen (secondary N) is 1. The molecule has 8 nitrogen and oxygen atoms in total. The Morgan fingerprint density at radius 2 is 1.76 bits per heavy atom. The molecule has 1 amide bonds. The average Bonchev–Trinajstić information content (AvgIpc) is 3.40. The van der Waals surface area contributed by atoms with Gasteiger partial charge in [0, 0.05) is 29.8 Å². The normalized spacial score (nSPS) is 13.4. The van der Waals surface area contributed by atoms with Gasteiger partial charge >= 0.3 is 0 Å². The Balaban J connectivity index is 1.17. The summed E-state index contributed by atoms with van der Waals surface area (Å²) >= 11 is 1.14. The van der Waals surface area contributed by atoms with E-state index < -0.39 is 0 Å². The number of hydrogen-bond donors (Lipinski definition) is 1. The van der Waals surface area contributed by atoms with E-state index in [0.29, 0.717) is 11.3 Å². The summed E-state index contributed by atoms with van der Waals surface area (Å²) in [6, 6.07) is 13.4. The Morgan fingerprint density at radius 3 is 2.58 bits per heavy atom. The SMILES string of the molecule is O=C(CSc1nnc(-c2ccc(F)cc2)o1)Nc1ccc(-c2nnc3n2CCCCC3)cc1. The first-order chi connectivity index (χ1) is 16.2. The Morgan fingerprint density at radius 1 is 0.970 bits per heavy atom. The Kier molecular flexibility index (Phi) is 6.16. The van der Waals surface area contributed by atoms with E-state index in [2.05, 4.69) is 30.3 Å². The Bertz CT molecular complexity index is 1250. The topological polar surface area (TPSA) is 98.7 Å². The molecular formula is C23H21FN6O2S. The van der Waals surface area contributed by atoms with Gasteiger partial charge in [-0.05, 0) is 61.4 Å². The van der Waals surface area contributed by atoms with Crippen LogP contribution in [0.25, 0.3) is 22.8 Å². The zero-order valence-corrected chi connectivity index (χ0v) is 18.5. The summed E-state index contributed by atoms with van der Waals surface area (Å²) in [5.41, 5.74) is 2.28. The van der Waals surface area contributed by atoms with Crippen LogP contribution in [0.4, 0.5) is 10.1 Å². The first kappa shape index (κ1) is 21.3. The van der Waals surface area contributed by atoms with Crippen molar-refractivity contribution in [2.24, 2.45) is 0 Å². The molecule has 0 unspecified atom stereocenters. The Labute approximate surface area is 193 Å². The molecule has 5 rings (SSSR count). The second-order valence-electron chi connectivity index (χ2n) is 7.70. The van der Waals surface area contributed by atoms with Crippen LogP contribution in [-0.4, -0.2) is 36.6 Å². The number of amides is 1. The van der Waals surface area contributed by atoms with E-state index in [-0.39, 0.29) is 28.6 Å². The molecule has 0 saturated carbocycles. The molecule has 0 saturated heterocycles. The van der Waals surface area contributed by atoms with Crippen molar-refractivity contribution in [1.29, 1.82) is 0 Å². The van der Waals surface area contributed by atoms with Gasteiger partial charge in [0.25, 0.3) is 5.22 Å². The summed E-state index contributed by atoms with van der Waals surface area (Å²) in [7, 11) is 0. The predicted molar refractivity (Wildman–Crippen MR) is 122 cm³/mol. The maximum absolute atomic E-state index is 13.0. The van der Waals surface area contributed by atoms with Gasteiger partial charge in [0.1, 0.15) is 11.6 Å². The molecule has 1 N–H and O–H groups in total. The predicted octanol–water partition coefficient (Wildman–Crippen LogP) is 4.59. The maximum Gasteiger partial charge on any atom is 0.277 e. The van der Waals surface area contributed by atoms with Gasteiger partial charge in [-0.1, -0.05) is 18.2 Å². The van der Waals surface area contributed by atoms with Crippen LogP contribution in [0.15, 0.2) is 58.2 Å². The molecule has 4 aromatic rings. The van der Waals surface area contributed by atoms with E-state index in [0.717, 1.165) is 54.8 Å². The number of rotatable bonds is 6. The fraction of sp³-hybridized carbons (Fsp3) is 0.261. The molecule has 2 aromatic carbocycles.